The largest absolute Gasteiger partial charge is 0.481 e. The summed E-state index contributed by atoms with van der Waals surface area (Å²) in [6.07, 6.45) is 2.91. The normalized spacial score (nSPS) is 12.6. The Labute approximate surface area is 108 Å². The fourth-order valence-electron chi connectivity index (χ4n) is 0.934. The Morgan fingerprint density at radius 1 is 1.06 bits per heavy atom. The monoisotopic (exact) mass is 266 g/mol. The van der Waals surface area contributed by atoms with Crippen molar-refractivity contribution in [1.29, 1.82) is 0 Å². The molecule has 0 saturated carbocycles. The third-order valence-corrected chi connectivity index (χ3v) is 2.75. The number of carboxylic acids is 1. The molecule has 0 aliphatic heterocycles. The van der Waals surface area contributed by atoms with Crippen LogP contribution in [0, 0.1) is 11.3 Å². The van der Waals surface area contributed by atoms with E-state index in [0.717, 1.165) is 19.3 Å². The fraction of sp³-hybridized carbons (Fsp3) is 0.917. The lowest BCUT2D eigenvalue weighted by atomic mass is 9.93. The molecule has 0 saturated heterocycles. The Balaban J connectivity index is 0. The van der Waals surface area contributed by atoms with Crippen LogP contribution < -0.4 is 0 Å². The predicted molar refractivity (Wildman–Crippen MR) is 67.1 cm³/mol. The van der Waals surface area contributed by atoms with E-state index in [1.165, 1.54) is 0 Å². The molecule has 0 fully saturated rings. The van der Waals surface area contributed by atoms with Gasteiger partial charge in [-0.05, 0) is 6.42 Å². The molecule has 0 aliphatic rings. The first-order chi connectivity index (χ1) is 8.42. The van der Waals surface area contributed by atoms with Crippen LogP contribution in [-0.4, -0.2) is 57.9 Å². The van der Waals surface area contributed by atoms with Crippen LogP contribution in [0.15, 0.2) is 0 Å². The molecule has 5 N–H and O–H groups in total. The Morgan fingerprint density at radius 3 is 1.61 bits per heavy atom. The van der Waals surface area contributed by atoms with E-state index < -0.39 is 37.8 Å². The van der Waals surface area contributed by atoms with E-state index in [2.05, 4.69) is 6.92 Å². The molecule has 1 unspecified atom stereocenters. The Kier molecular flexibility index (Phi) is 12.4. The number of rotatable bonds is 8. The van der Waals surface area contributed by atoms with E-state index in [1.807, 2.05) is 0 Å². The molecule has 0 radical (unpaired) electrons. The van der Waals surface area contributed by atoms with Crippen molar-refractivity contribution < 1.29 is 30.3 Å². The number of carboxylic acid groups (broad SMARTS) is 1. The number of hydrogen-bond acceptors (Lipinski definition) is 5. The summed E-state index contributed by atoms with van der Waals surface area (Å²) in [5.41, 5.74) is -1.11. The van der Waals surface area contributed by atoms with Crippen LogP contribution in [0.25, 0.3) is 0 Å². The summed E-state index contributed by atoms with van der Waals surface area (Å²) >= 11 is 0. The number of aliphatic carboxylic acids is 1. The van der Waals surface area contributed by atoms with Gasteiger partial charge in [-0.1, -0.05) is 26.7 Å². The zero-order valence-corrected chi connectivity index (χ0v) is 11.2. The van der Waals surface area contributed by atoms with Gasteiger partial charge in [-0.15, -0.1) is 0 Å². The van der Waals surface area contributed by atoms with Crippen LogP contribution in [0.2, 0.25) is 0 Å². The van der Waals surface area contributed by atoms with E-state index in [9.17, 15) is 4.79 Å². The number of unbranched alkanes of at least 4 members (excludes halogenated alkanes) is 1. The molecule has 0 amide bonds. The van der Waals surface area contributed by atoms with Gasteiger partial charge in [-0.3, -0.25) is 4.79 Å². The zero-order chi connectivity index (χ0) is 14.6. The van der Waals surface area contributed by atoms with E-state index in [4.69, 9.17) is 25.5 Å². The molecule has 0 aromatic carbocycles. The minimum atomic E-state index is -1.11. The van der Waals surface area contributed by atoms with Gasteiger partial charge in [0.15, 0.2) is 0 Å². The van der Waals surface area contributed by atoms with Crippen molar-refractivity contribution in [3.8, 4) is 0 Å². The van der Waals surface area contributed by atoms with Gasteiger partial charge >= 0.3 is 5.97 Å². The second-order valence-corrected chi connectivity index (χ2v) is 4.51. The topological polar surface area (TPSA) is 118 Å². The highest BCUT2D eigenvalue weighted by atomic mass is 16.4. The van der Waals surface area contributed by atoms with Crippen LogP contribution in [0.1, 0.15) is 33.1 Å². The molecule has 110 valence electrons. The lowest BCUT2D eigenvalue weighted by molar-refractivity contribution is -0.141. The molecule has 0 aromatic rings. The van der Waals surface area contributed by atoms with E-state index in [1.54, 1.807) is 6.92 Å². The van der Waals surface area contributed by atoms with Crippen LogP contribution in [0.4, 0.5) is 0 Å². The number of aliphatic hydroxyl groups excluding tert-OH is 4. The first-order valence-electron chi connectivity index (χ1n) is 6.09. The average molecular weight is 266 g/mol. The zero-order valence-electron chi connectivity index (χ0n) is 11.2. The summed E-state index contributed by atoms with van der Waals surface area (Å²) in [5.74, 6) is -0.839. The highest BCUT2D eigenvalue weighted by Crippen LogP contribution is 2.11. The smallest absolute Gasteiger partial charge is 0.306 e. The first-order valence-corrected chi connectivity index (χ1v) is 6.09. The summed E-state index contributed by atoms with van der Waals surface area (Å²) in [6.45, 7) is 2.19. The van der Waals surface area contributed by atoms with Gasteiger partial charge in [0.2, 0.25) is 0 Å². The highest BCUT2D eigenvalue weighted by Gasteiger charge is 2.26. The molecule has 0 spiro atoms. The second kappa shape index (κ2) is 11.4. The second-order valence-electron chi connectivity index (χ2n) is 4.51. The van der Waals surface area contributed by atoms with Crippen molar-refractivity contribution in [2.75, 3.05) is 26.4 Å². The lowest BCUT2D eigenvalue weighted by Crippen LogP contribution is -2.37. The van der Waals surface area contributed by atoms with E-state index in [-0.39, 0.29) is 5.92 Å². The molecular weight excluding hydrogens is 240 g/mol. The molecular formula is C12H26O6. The number of hydrogen-bond donors (Lipinski definition) is 5. The van der Waals surface area contributed by atoms with Gasteiger partial charge < -0.3 is 25.5 Å². The predicted octanol–water partition coefficient (Wildman–Crippen LogP) is -0.161. The van der Waals surface area contributed by atoms with Gasteiger partial charge in [0.1, 0.15) is 0 Å². The van der Waals surface area contributed by atoms with Crippen LogP contribution >= 0.6 is 0 Å². The van der Waals surface area contributed by atoms with Crippen LogP contribution in [0.3, 0.4) is 0 Å². The molecule has 1 atom stereocenters. The highest BCUT2D eigenvalue weighted by molar-refractivity contribution is 5.69. The summed E-state index contributed by atoms with van der Waals surface area (Å²) < 4.78 is 0. The fourth-order valence-corrected chi connectivity index (χ4v) is 0.934. The first kappa shape index (κ1) is 19.6. The number of aliphatic hydroxyl groups is 4. The SMILES string of the molecule is CCCCC(C)C(=O)O.OCC(CO)(CO)CO. The van der Waals surface area contributed by atoms with Gasteiger partial charge in [0.25, 0.3) is 0 Å². The van der Waals surface area contributed by atoms with E-state index >= 15 is 0 Å². The van der Waals surface area contributed by atoms with E-state index in [0.29, 0.717) is 0 Å². The van der Waals surface area contributed by atoms with Crippen molar-refractivity contribution in [2.24, 2.45) is 11.3 Å². The maximum atomic E-state index is 10.2. The summed E-state index contributed by atoms with van der Waals surface area (Å²) in [6, 6.07) is 0. The quantitative estimate of drug-likeness (QED) is 0.416. The molecule has 0 aliphatic carbocycles. The molecule has 6 heteroatoms. The van der Waals surface area contributed by atoms with Crippen molar-refractivity contribution in [2.45, 2.75) is 33.1 Å². The van der Waals surface area contributed by atoms with Gasteiger partial charge in [0.05, 0.1) is 37.8 Å². The van der Waals surface area contributed by atoms with Gasteiger partial charge in [-0.2, -0.15) is 0 Å². The maximum absolute atomic E-state index is 10.2. The average Bonchev–Trinajstić information content (AvgIpc) is 2.40. The maximum Gasteiger partial charge on any atom is 0.306 e. The number of carbonyl (C=O) groups is 1. The Morgan fingerprint density at radius 2 is 1.44 bits per heavy atom. The molecule has 18 heavy (non-hydrogen) atoms. The van der Waals surface area contributed by atoms with Crippen molar-refractivity contribution in [3.63, 3.8) is 0 Å². The van der Waals surface area contributed by atoms with Gasteiger partial charge in [-0.25, -0.2) is 0 Å². The molecule has 0 aromatic heterocycles. The van der Waals surface area contributed by atoms with Crippen molar-refractivity contribution in [3.05, 3.63) is 0 Å². The lowest BCUT2D eigenvalue weighted by Gasteiger charge is -2.23. The summed E-state index contributed by atoms with van der Waals surface area (Å²) in [5, 5.41) is 42.4. The minimum absolute atomic E-state index is 0.162. The minimum Gasteiger partial charge on any atom is -0.481 e. The standard InChI is InChI=1S/C7H14O2.C5H12O4/c1-3-4-5-6(2)7(8)9;6-1-5(2-7,3-8)4-9/h6H,3-5H2,1-2H3,(H,8,9);6-9H,1-4H2. The van der Waals surface area contributed by atoms with Gasteiger partial charge in [0, 0.05) is 0 Å². The summed E-state index contributed by atoms with van der Waals surface area (Å²) in [4.78, 5) is 10.2. The third kappa shape index (κ3) is 8.41. The molecule has 6 nitrogen and oxygen atoms in total. The molecule has 0 heterocycles. The van der Waals surface area contributed by atoms with Crippen LogP contribution in [-0.2, 0) is 4.79 Å². The summed E-state index contributed by atoms with van der Waals surface area (Å²) in [7, 11) is 0. The van der Waals surface area contributed by atoms with Crippen LogP contribution in [0.5, 0.6) is 0 Å². The molecule has 0 bridgehead atoms. The third-order valence-electron chi connectivity index (χ3n) is 2.75. The van der Waals surface area contributed by atoms with Crippen molar-refractivity contribution >= 4 is 5.97 Å². The molecule has 0 rings (SSSR count). The Hall–Kier alpha value is -0.690. The van der Waals surface area contributed by atoms with Crippen molar-refractivity contribution in [1.82, 2.24) is 0 Å². The Bertz CT molecular complexity index is 185.